The van der Waals surface area contributed by atoms with Crippen molar-refractivity contribution in [2.24, 2.45) is 11.8 Å². The molecule has 1 fully saturated rings. The van der Waals surface area contributed by atoms with Crippen LogP contribution < -0.4 is 0 Å². The summed E-state index contributed by atoms with van der Waals surface area (Å²) in [5.41, 5.74) is 0. The van der Waals surface area contributed by atoms with Crippen LogP contribution in [-0.4, -0.2) is 18.4 Å². The predicted molar refractivity (Wildman–Crippen MR) is 52.8 cm³/mol. The Morgan fingerprint density at radius 2 is 2.36 bits per heavy atom. The summed E-state index contributed by atoms with van der Waals surface area (Å²) in [4.78, 5) is 21.9. The quantitative estimate of drug-likeness (QED) is 0.648. The van der Waals surface area contributed by atoms with Crippen molar-refractivity contribution in [3.63, 3.8) is 0 Å². The maximum absolute atomic E-state index is 11.4. The molecule has 1 rings (SSSR count). The van der Waals surface area contributed by atoms with Crippen LogP contribution in [0.4, 0.5) is 0 Å². The van der Waals surface area contributed by atoms with Gasteiger partial charge in [0.25, 0.3) is 0 Å². The van der Waals surface area contributed by atoms with Crippen LogP contribution in [0.5, 0.6) is 0 Å². The third-order valence-electron chi connectivity index (χ3n) is 2.92. The normalized spacial score (nSPS) is 23.6. The van der Waals surface area contributed by atoms with E-state index in [9.17, 15) is 9.59 Å². The van der Waals surface area contributed by atoms with Crippen LogP contribution in [0.15, 0.2) is 0 Å². The molecule has 0 saturated heterocycles. The molecule has 0 bridgehead atoms. The fourth-order valence-corrected chi connectivity index (χ4v) is 2.03. The number of carbonyl (C=O) groups excluding carboxylic acids is 2. The summed E-state index contributed by atoms with van der Waals surface area (Å²) in [6.07, 6.45) is 3.58. The SMILES string of the molecule is CC(=O)OCC[C@@H](C)C1CCCC1=O. The van der Waals surface area contributed by atoms with Crippen LogP contribution in [0.2, 0.25) is 0 Å². The number of esters is 1. The van der Waals surface area contributed by atoms with Gasteiger partial charge in [0.15, 0.2) is 0 Å². The molecule has 0 radical (unpaired) electrons. The molecule has 0 N–H and O–H groups in total. The number of ether oxygens (including phenoxy) is 1. The van der Waals surface area contributed by atoms with Crippen molar-refractivity contribution in [2.45, 2.75) is 39.5 Å². The van der Waals surface area contributed by atoms with E-state index >= 15 is 0 Å². The van der Waals surface area contributed by atoms with Gasteiger partial charge in [-0.15, -0.1) is 0 Å². The zero-order valence-electron chi connectivity index (χ0n) is 8.91. The van der Waals surface area contributed by atoms with E-state index < -0.39 is 0 Å². The molecule has 0 aromatic carbocycles. The fraction of sp³-hybridized carbons (Fsp3) is 0.818. The first-order valence-corrected chi connectivity index (χ1v) is 5.27. The summed E-state index contributed by atoms with van der Waals surface area (Å²) >= 11 is 0. The zero-order valence-corrected chi connectivity index (χ0v) is 8.91. The molecule has 80 valence electrons. The summed E-state index contributed by atoms with van der Waals surface area (Å²) in [7, 11) is 0. The van der Waals surface area contributed by atoms with E-state index in [0.717, 1.165) is 25.7 Å². The van der Waals surface area contributed by atoms with Gasteiger partial charge in [0.1, 0.15) is 5.78 Å². The highest BCUT2D eigenvalue weighted by Crippen LogP contribution is 2.29. The second-order valence-corrected chi connectivity index (χ2v) is 4.07. The van der Waals surface area contributed by atoms with Gasteiger partial charge in [0, 0.05) is 19.3 Å². The van der Waals surface area contributed by atoms with Crippen molar-refractivity contribution in [1.82, 2.24) is 0 Å². The number of rotatable bonds is 4. The summed E-state index contributed by atoms with van der Waals surface area (Å²) in [5, 5.41) is 0. The van der Waals surface area contributed by atoms with E-state index in [1.165, 1.54) is 6.92 Å². The second-order valence-electron chi connectivity index (χ2n) is 4.07. The molecule has 0 aromatic rings. The van der Waals surface area contributed by atoms with Gasteiger partial charge in [-0.1, -0.05) is 6.92 Å². The predicted octanol–water partition coefficient (Wildman–Crippen LogP) is 1.94. The Kier molecular flexibility index (Phi) is 4.11. The molecule has 1 aliphatic carbocycles. The Morgan fingerprint density at radius 3 is 2.86 bits per heavy atom. The molecule has 0 heterocycles. The lowest BCUT2D eigenvalue weighted by Gasteiger charge is -2.16. The average Bonchev–Trinajstić information content (AvgIpc) is 2.50. The van der Waals surface area contributed by atoms with Crippen LogP contribution in [0.3, 0.4) is 0 Å². The van der Waals surface area contributed by atoms with Gasteiger partial charge in [-0.2, -0.15) is 0 Å². The minimum absolute atomic E-state index is 0.213. The van der Waals surface area contributed by atoms with Crippen molar-refractivity contribution in [3.8, 4) is 0 Å². The Bertz CT molecular complexity index is 223. The molecule has 1 saturated carbocycles. The standard InChI is InChI=1S/C11H18O3/c1-8(6-7-14-9(2)12)10-4-3-5-11(10)13/h8,10H,3-7H2,1-2H3/t8-,10?/m1/s1. The van der Waals surface area contributed by atoms with Crippen molar-refractivity contribution < 1.29 is 14.3 Å². The van der Waals surface area contributed by atoms with Gasteiger partial charge in [0.05, 0.1) is 6.61 Å². The van der Waals surface area contributed by atoms with Crippen LogP contribution in [0, 0.1) is 11.8 Å². The lowest BCUT2D eigenvalue weighted by Crippen LogP contribution is -2.18. The maximum atomic E-state index is 11.4. The fourth-order valence-electron chi connectivity index (χ4n) is 2.03. The third kappa shape index (κ3) is 3.13. The molecule has 0 amide bonds. The summed E-state index contributed by atoms with van der Waals surface area (Å²) in [5.74, 6) is 0.713. The van der Waals surface area contributed by atoms with Gasteiger partial charge in [-0.05, 0) is 25.2 Å². The molecule has 0 spiro atoms. The molecule has 3 heteroatoms. The average molecular weight is 198 g/mol. The first-order chi connectivity index (χ1) is 6.61. The molecule has 1 unspecified atom stereocenters. The van der Waals surface area contributed by atoms with Crippen LogP contribution >= 0.6 is 0 Å². The van der Waals surface area contributed by atoms with E-state index in [1.807, 2.05) is 0 Å². The van der Waals surface area contributed by atoms with Crippen LogP contribution in [-0.2, 0) is 14.3 Å². The Morgan fingerprint density at radius 1 is 1.64 bits per heavy atom. The molecular weight excluding hydrogens is 180 g/mol. The molecule has 14 heavy (non-hydrogen) atoms. The van der Waals surface area contributed by atoms with Gasteiger partial charge in [-0.25, -0.2) is 0 Å². The van der Waals surface area contributed by atoms with E-state index in [0.29, 0.717) is 18.3 Å². The van der Waals surface area contributed by atoms with Gasteiger partial charge >= 0.3 is 5.97 Å². The Labute approximate surface area is 84.8 Å². The summed E-state index contributed by atoms with van der Waals surface area (Å²) in [6.45, 7) is 3.92. The first kappa shape index (κ1) is 11.2. The summed E-state index contributed by atoms with van der Waals surface area (Å²) < 4.78 is 4.86. The number of carbonyl (C=O) groups is 2. The highest BCUT2D eigenvalue weighted by molar-refractivity contribution is 5.83. The van der Waals surface area contributed by atoms with Crippen molar-refractivity contribution >= 4 is 11.8 Å². The summed E-state index contributed by atoms with van der Waals surface area (Å²) in [6, 6.07) is 0. The number of Topliss-reactive ketones (excluding diaryl/α,β-unsaturated/α-hetero) is 1. The van der Waals surface area contributed by atoms with Gasteiger partial charge in [0.2, 0.25) is 0 Å². The largest absolute Gasteiger partial charge is 0.466 e. The first-order valence-electron chi connectivity index (χ1n) is 5.27. The molecule has 2 atom stereocenters. The van der Waals surface area contributed by atoms with Gasteiger partial charge < -0.3 is 4.74 Å². The minimum atomic E-state index is -0.241. The van der Waals surface area contributed by atoms with E-state index in [-0.39, 0.29) is 11.9 Å². The number of hydrogen-bond donors (Lipinski definition) is 0. The Balaban J connectivity index is 2.23. The van der Waals surface area contributed by atoms with Gasteiger partial charge in [-0.3, -0.25) is 9.59 Å². The zero-order chi connectivity index (χ0) is 10.6. The van der Waals surface area contributed by atoms with E-state index in [4.69, 9.17) is 4.74 Å². The third-order valence-corrected chi connectivity index (χ3v) is 2.92. The topological polar surface area (TPSA) is 43.4 Å². The number of ketones is 1. The molecule has 0 aliphatic heterocycles. The van der Waals surface area contributed by atoms with E-state index in [2.05, 4.69) is 6.92 Å². The Hall–Kier alpha value is -0.860. The van der Waals surface area contributed by atoms with Crippen molar-refractivity contribution in [2.75, 3.05) is 6.61 Å². The monoisotopic (exact) mass is 198 g/mol. The lowest BCUT2D eigenvalue weighted by atomic mass is 9.89. The number of hydrogen-bond acceptors (Lipinski definition) is 3. The van der Waals surface area contributed by atoms with Crippen LogP contribution in [0.25, 0.3) is 0 Å². The lowest BCUT2D eigenvalue weighted by molar-refractivity contribution is -0.141. The highest BCUT2D eigenvalue weighted by atomic mass is 16.5. The van der Waals surface area contributed by atoms with E-state index in [1.54, 1.807) is 0 Å². The molecule has 3 nitrogen and oxygen atoms in total. The minimum Gasteiger partial charge on any atom is -0.466 e. The van der Waals surface area contributed by atoms with Crippen molar-refractivity contribution in [1.29, 1.82) is 0 Å². The highest BCUT2D eigenvalue weighted by Gasteiger charge is 2.29. The molecule has 0 aromatic heterocycles. The molecule has 1 aliphatic rings. The van der Waals surface area contributed by atoms with Crippen LogP contribution in [0.1, 0.15) is 39.5 Å². The molecular formula is C11H18O3. The second kappa shape index (κ2) is 5.13. The maximum Gasteiger partial charge on any atom is 0.302 e. The van der Waals surface area contributed by atoms with Crippen molar-refractivity contribution in [3.05, 3.63) is 0 Å². The smallest absolute Gasteiger partial charge is 0.302 e.